The number of hydrogen-bond donors (Lipinski definition) is 2. The predicted molar refractivity (Wildman–Crippen MR) is 106 cm³/mol. The Balaban J connectivity index is 1.92. The van der Waals surface area contributed by atoms with Gasteiger partial charge in [-0.05, 0) is 18.1 Å². The Hall–Kier alpha value is -2.82. The second-order valence-corrected chi connectivity index (χ2v) is 9.03. The first-order valence-electron chi connectivity index (χ1n) is 9.15. The molecule has 7 nitrogen and oxygen atoms in total. The smallest absolute Gasteiger partial charge is 0.418 e. The highest BCUT2D eigenvalue weighted by Crippen LogP contribution is 2.57. The molecule has 1 amide bonds. The number of aromatic nitrogens is 2. The van der Waals surface area contributed by atoms with Crippen molar-refractivity contribution in [1.82, 2.24) is 9.55 Å². The van der Waals surface area contributed by atoms with Crippen LogP contribution in [0.1, 0.15) is 25.8 Å². The van der Waals surface area contributed by atoms with Gasteiger partial charge in [-0.3, -0.25) is 9.59 Å². The van der Waals surface area contributed by atoms with Crippen molar-refractivity contribution < 1.29 is 27.5 Å². The number of fused-ring (bicyclic) bond motifs is 1. The lowest BCUT2D eigenvalue weighted by Gasteiger charge is -2.19. The summed E-state index contributed by atoms with van der Waals surface area (Å²) in [5.74, 6) is -1.10. The average Bonchev–Trinajstić information content (AvgIpc) is 3.27. The molecule has 1 atom stereocenters. The number of hydrogen-bond acceptors (Lipinski definition) is 5. The van der Waals surface area contributed by atoms with Crippen molar-refractivity contribution in [3.8, 4) is 0 Å². The van der Waals surface area contributed by atoms with Crippen molar-refractivity contribution in [2.75, 3.05) is 6.61 Å². The molecule has 0 fully saturated rings. The molecule has 1 unspecified atom stereocenters. The minimum atomic E-state index is -4.63. The third-order valence-electron chi connectivity index (χ3n) is 4.24. The molecule has 162 valence electrons. The van der Waals surface area contributed by atoms with Gasteiger partial charge in [-0.1, -0.05) is 19.9 Å². The molecular weight excluding hydrogens is 421 g/mol. The molecule has 2 aromatic rings. The summed E-state index contributed by atoms with van der Waals surface area (Å²) in [5.41, 5.74) is 4.19. The molecule has 1 aromatic carbocycles. The van der Waals surface area contributed by atoms with Gasteiger partial charge in [0.2, 0.25) is 0 Å². The van der Waals surface area contributed by atoms with E-state index >= 15 is 0 Å². The van der Waals surface area contributed by atoms with Gasteiger partial charge >= 0.3 is 12.1 Å². The van der Waals surface area contributed by atoms with Gasteiger partial charge in [0.05, 0.1) is 24.3 Å². The largest absolute Gasteiger partial charge is 0.465 e. The molecule has 0 radical (unpaired) electrons. The first kappa shape index (κ1) is 21.9. The Labute approximate surface area is 173 Å². The summed E-state index contributed by atoms with van der Waals surface area (Å²) in [6.07, 6.45) is -1.52. The van der Waals surface area contributed by atoms with Crippen LogP contribution in [0, 0.1) is 5.92 Å². The number of imidazole rings is 1. The highest BCUT2D eigenvalue weighted by molar-refractivity contribution is 8.31. The zero-order valence-corrected chi connectivity index (χ0v) is 17.2. The first-order chi connectivity index (χ1) is 14.1. The quantitative estimate of drug-likeness (QED) is 0.507. The number of rotatable bonds is 7. The number of nitrogens with two attached hydrogens (primary N) is 1. The van der Waals surface area contributed by atoms with Crippen molar-refractivity contribution >= 4 is 33.5 Å². The third-order valence-corrected chi connectivity index (χ3v) is 6.60. The van der Waals surface area contributed by atoms with Gasteiger partial charge in [0.15, 0.2) is 10.2 Å². The van der Waals surface area contributed by atoms with Crippen molar-refractivity contribution in [3.05, 3.63) is 36.2 Å². The van der Waals surface area contributed by atoms with E-state index in [9.17, 15) is 22.8 Å². The minimum absolute atomic E-state index is 0.0533. The van der Waals surface area contributed by atoms with Gasteiger partial charge in [-0.15, -0.1) is 10.9 Å². The molecule has 30 heavy (non-hydrogen) atoms. The van der Waals surface area contributed by atoms with E-state index in [0.29, 0.717) is 11.8 Å². The maximum Gasteiger partial charge on any atom is 0.418 e. The molecule has 2 N–H and O–H groups in total. The topological polar surface area (TPSA) is 99.6 Å². The molecule has 0 saturated carbocycles. The van der Waals surface area contributed by atoms with Crippen LogP contribution in [0.15, 0.2) is 45.6 Å². The summed E-state index contributed by atoms with van der Waals surface area (Å²) in [5, 5.41) is 0.184. The number of halogens is 3. The maximum atomic E-state index is 13.4. The van der Waals surface area contributed by atoms with Crippen LogP contribution in [0.5, 0.6) is 0 Å². The van der Waals surface area contributed by atoms with Gasteiger partial charge in [0.25, 0.3) is 5.91 Å². The van der Waals surface area contributed by atoms with Gasteiger partial charge in [0, 0.05) is 23.8 Å². The van der Waals surface area contributed by atoms with E-state index < -0.39 is 34.5 Å². The fourth-order valence-electron chi connectivity index (χ4n) is 2.92. The lowest BCUT2D eigenvalue weighted by atomic mass is 10.2. The Morgan fingerprint density at radius 1 is 1.30 bits per heavy atom. The van der Waals surface area contributed by atoms with Crippen LogP contribution < -0.4 is 5.73 Å². The highest BCUT2D eigenvalue weighted by Gasteiger charge is 2.40. The molecule has 3 rings (SSSR count). The molecule has 11 heteroatoms. The van der Waals surface area contributed by atoms with Gasteiger partial charge in [-0.2, -0.15) is 13.2 Å². The van der Waals surface area contributed by atoms with Gasteiger partial charge in [-0.25, -0.2) is 9.98 Å². The zero-order chi connectivity index (χ0) is 22.1. The van der Waals surface area contributed by atoms with Crippen molar-refractivity contribution in [1.29, 1.82) is 0 Å². The monoisotopic (exact) mass is 442 g/mol. The summed E-state index contributed by atoms with van der Waals surface area (Å²) < 4.78 is 47.0. The fraction of sp³-hybridized carbons (Fsp3) is 0.368. The normalized spacial score (nSPS) is 17.0. The number of aliphatic imine (C=N–C) groups is 1. The maximum absolute atomic E-state index is 13.4. The van der Waals surface area contributed by atoms with E-state index in [4.69, 9.17) is 10.5 Å². The molecule has 0 aliphatic carbocycles. The van der Waals surface area contributed by atoms with Crippen LogP contribution in [0.4, 0.5) is 18.9 Å². The molecular formula is C19H21F3N4O3S. The minimum Gasteiger partial charge on any atom is -0.465 e. The molecule has 0 spiro atoms. The van der Waals surface area contributed by atoms with Gasteiger partial charge in [0.1, 0.15) is 0 Å². The zero-order valence-electron chi connectivity index (χ0n) is 16.3. The average molecular weight is 442 g/mol. The first-order valence-corrected chi connectivity index (χ1v) is 10.5. The summed E-state index contributed by atoms with van der Waals surface area (Å²) in [7, 11) is -1.78. The number of carbonyl (C=O) groups excluding carboxylic acids is 2. The summed E-state index contributed by atoms with van der Waals surface area (Å²) in [6, 6.07) is 3.68. The molecule has 1 aromatic heterocycles. The number of para-hydroxylation sites is 1. The number of aryl methyl sites for hydroxylation is 1. The SMILES string of the molecule is CC(C)COC(=O)CCn1ccnc1[SH]1C(C(N)=O)=Nc2c1cccc2C(F)(F)F. The number of amides is 1. The predicted octanol–water partition coefficient (Wildman–Crippen LogP) is 3.44. The summed E-state index contributed by atoms with van der Waals surface area (Å²) in [4.78, 5) is 32.3. The standard InChI is InChI=1S/C19H21F3N4O3S/c1-11(2)10-29-14(27)6-8-26-9-7-24-18(26)30-13-5-3-4-12(19(20,21)22)15(13)25-17(30)16(23)28/h3-5,7,9,11,30H,6,8,10H2,1-2H3,(H2,23,28). The summed E-state index contributed by atoms with van der Waals surface area (Å²) >= 11 is 0. The lowest BCUT2D eigenvalue weighted by molar-refractivity contribution is -0.145. The van der Waals surface area contributed by atoms with Crippen LogP contribution in [0.25, 0.3) is 0 Å². The Bertz CT molecular complexity index is 1000. The van der Waals surface area contributed by atoms with Crippen LogP contribution in [-0.4, -0.2) is 33.1 Å². The molecule has 0 saturated heterocycles. The van der Waals surface area contributed by atoms with Crippen molar-refractivity contribution in [2.45, 2.75) is 43.0 Å². The molecule has 1 aliphatic rings. The molecule has 2 heterocycles. The van der Waals surface area contributed by atoms with Gasteiger partial charge < -0.3 is 15.0 Å². The number of benzene rings is 1. The third kappa shape index (κ3) is 4.50. The number of primary amides is 1. The number of ether oxygens (including phenoxy) is 1. The van der Waals surface area contributed by atoms with E-state index in [1.54, 1.807) is 10.8 Å². The number of esters is 1. The van der Waals surface area contributed by atoms with E-state index in [1.807, 2.05) is 13.8 Å². The Kier molecular flexibility index (Phi) is 6.20. The van der Waals surface area contributed by atoms with Crippen LogP contribution in [-0.2, 0) is 27.0 Å². The van der Waals surface area contributed by atoms with E-state index in [2.05, 4.69) is 9.98 Å². The number of nitrogens with zero attached hydrogens (tertiary/aromatic N) is 3. The van der Waals surface area contributed by atoms with E-state index in [-0.39, 0.29) is 34.5 Å². The summed E-state index contributed by atoms with van der Waals surface area (Å²) in [6.45, 7) is 4.34. The lowest BCUT2D eigenvalue weighted by Crippen LogP contribution is -2.23. The van der Waals surface area contributed by atoms with E-state index in [0.717, 1.165) is 6.07 Å². The van der Waals surface area contributed by atoms with Crippen molar-refractivity contribution in [3.63, 3.8) is 0 Å². The number of alkyl halides is 3. The molecule has 1 aliphatic heterocycles. The number of carbonyl (C=O) groups is 2. The highest BCUT2D eigenvalue weighted by atomic mass is 32.2. The Morgan fingerprint density at radius 2 is 2.03 bits per heavy atom. The molecule has 0 bridgehead atoms. The van der Waals surface area contributed by atoms with Crippen LogP contribution in [0.3, 0.4) is 0 Å². The van der Waals surface area contributed by atoms with Crippen LogP contribution >= 0.6 is 10.9 Å². The Morgan fingerprint density at radius 3 is 2.67 bits per heavy atom. The van der Waals surface area contributed by atoms with Crippen LogP contribution in [0.2, 0.25) is 0 Å². The second kappa shape index (κ2) is 8.50. The van der Waals surface area contributed by atoms with E-state index in [1.165, 1.54) is 18.3 Å². The van der Waals surface area contributed by atoms with Crippen molar-refractivity contribution in [2.24, 2.45) is 16.6 Å². The number of thiol groups is 1. The second-order valence-electron chi connectivity index (χ2n) is 7.05. The fourth-order valence-corrected chi connectivity index (χ4v) is 5.20.